The number of aromatic nitrogens is 1. The lowest BCUT2D eigenvalue weighted by Gasteiger charge is -2.32. The van der Waals surface area contributed by atoms with Crippen LogP contribution in [0.3, 0.4) is 0 Å². The normalized spacial score (nSPS) is 16.4. The number of alkyl halides is 3. The van der Waals surface area contributed by atoms with Gasteiger partial charge in [-0.15, -0.1) is 0 Å². The molecule has 1 aromatic heterocycles. The third-order valence-electron chi connectivity index (χ3n) is 8.22. The van der Waals surface area contributed by atoms with Crippen LogP contribution in [0, 0.1) is 6.92 Å². The zero-order valence-electron chi connectivity index (χ0n) is 26.3. The first-order valence-corrected chi connectivity index (χ1v) is 15.1. The molecule has 0 fully saturated rings. The van der Waals surface area contributed by atoms with Crippen LogP contribution in [0.25, 0.3) is 10.9 Å². The number of carbonyl (C=O) groups excluding carboxylic acids is 1. The van der Waals surface area contributed by atoms with Crippen LogP contribution >= 0.6 is 0 Å². The zero-order valence-corrected chi connectivity index (χ0v) is 26.3. The van der Waals surface area contributed by atoms with Gasteiger partial charge in [0.05, 0.1) is 35.6 Å². The summed E-state index contributed by atoms with van der Waals surface area (Å²) in [4.78, 5) is 23.5. The molecule has 0 spiro atoms. The Kier molecular flexibility index (Phi) is 7.41. The number of pyridine rings is 1. The summed E-state index contributed by atoms with van der Waals surface area (Å²) in [6.45, 7) is 11.9. The van der Waals surface area contributed by atoms with E-state index in [-0.39, 0.29) is 12.2 Å². The molecule has 0 unspecified atom stereocenters. The van der Waals surface area contributed by atoms with Gasteiger partial charge in [0, 0.05) is 34.2 Å². The van der Waals surface area contributed by atoms with E-state index in [1.165, 1.54) is 0 Å². The van der Waals surface area contributed by atoms with Crippen molar-refractivity contribution in [1.82, 2.24) is 4.98 Å². The second kappa shape index (κ2) is 10.9. The van der Waals surface area contributed by atoms with E-state index in [0.29, 0.717) is 59.0 Å². The Hall–Kier alpha value is -4.40. The molecule has 0 saturated heterocycles. The molecule has 0 N–H and O–H groups in total. The predicted octanol–water partition coefficient (Wildman–Crippen LogP) is 7.92. The lowest BCUT2D eigenvalue weighted by atomic mass is 9.80. The Bertz CT molecular complexity index is 1860. The molecule has 4 aromatic rings. The smallest absolute Gasteiger partial charge is 0.471 e. The summed E-state index contributed by atoms with van der Waals surface area (Å²) in [7, 11) is 0. The van der Waals surface area contributed by atoms with Crippen molar-refractivity contribution in [2.24, 2.45) is 4.99 Å². The van der Waals surface area contributed by atoms with Gasteiger partial charge in [-0.1, -0.05) is 36.4 Å². The first-order valence-electron chi connectivity index (χ1n) is 15.1. The number of anilines is 1. The van der Waals surface area contributed by atoms with Gasteiger partial charge >= 0.3 is 12.1 Å². The standard InChI is InChI=1S/C36H36F3N3O3/c1-7-44-29-17-24-18-34(3,4)41-31(30(24)26-19-35(5,6)45-32(26)29)23-13-12-21(2)28(16-23)42(33(43)36(37,38)39)20-25-15-14-22-10-8-9-11-27(22)40-25/h8-17H,7,18-20H2,1-6H3. The number of halogens is 3. The minimum atomic E-state index is -5.09. The second-order valence-electron chi connectivity index (χ2n) is 13.0. The minimum Gasteiger partial charge on any atom is -0.490 e. The largest absolute Gasteiger partial charge is 0.490 e. The molecule has 2 aliphatic rings. The lowest BCUT2D eigenvalue weighted by molar-refractivity contribution is -0.170. The summed E-state index contributed by atoms with van der Waals surface area (Å²) in [5.41, 5.74) is 4.90. The van der Waals surface area contributed by atoms with Crippen molar-refractivity contribution in [2.75, 3.05) is 11.5 Å². The number of carbonyl (C=O) groups is 1. The number of aryl methyl sites for hydroxylation is 1. The van der Waals surface area contributed by atoms with Gasteiger partial charge in [0.1, 0.15) is 5.60 Å². The maximum Gasteiger partial charge on any atom is 0.471 e. The Morgan fingerprint density at radius 3 is 2.51 bits per heavy atom. The number of fused-ring (bicyclic) bond motifs is 4. The number of para-hydroxylation sites is 1. The van der Waals surface area contributed by atoms with Gasteiger partial charge in [-0.25, -0.2) is 0 Å². The number of hydrogen-bond acceptors (Lipinski definition) is 5. The van der Waals surface area contributed by atoms with E-state index < -0.39 is 23.2 Å². The Morgan fingerprint density at radius 1 is 1.02 bits per heavy atom. The van der Waals surface area contributed by atoms with Crippen LogP contribution in [0.1, 0.15) is 68.1 Å². The molecule has 0 atom stereocenters. The molecular formula is C36H36F3N3O3. The van der Waals surface area contributed by atoms with E-state index in [9.17, 15) is 18.0 Å². The molecule has 0 saturated carbocycles. The summed E-state index contributed by atoms with van der Waals surface area (Å²) in [5, 5.41) is 0.858. The third-order valence-corrected chi connectivity index (χ3v) is 8.22. The first-order chi connectivity index (χ1) is 21.2. The van der Waals surface area contributed by atoms with Crippen molar-refractivity contribution in [2.45, 2.75) is 78.2 Å². The van der Waals surface area contributed by atoms with Crippen LogP contribution in [0.15, 0.2) is 65.7 Å². The zero-order chi connectivity index (χ0) is 32.3. The van der Waals surface area contributed by atoms with Gasteiger partial charge in [-0.05, 0) is 83.4 Å². The van der Waals surface area contributed by atoms with E-state index in [0.717, 1.165) is 27.0 Å². The van der Waals surface area contributed by atoms with Gasteiger partial charge in [-0.3, -0.25) is 19.7 Å². The fraction of sp³-hybridized carbons (Fsp3) is 0.361. The maximum atomic E-state index is 14.1. The fourth-order valence-electron chi connectivity index (χ4n) is 6.37. The maximum absolute atomic E-state index is 14.1. The van der Waals surface area contributed by atoms with Crippen LogP contribution in [0.4, 0.5) is 18.9 Å². The number of amides is 1. The van der Waals surface area contributed by atoms with Crippen LogP contribution in [-0.2, 0) is 24.2 Å². The highest BCUT2D eigenvalue weighted by atomic mass is 19.4. The summed E-state index contributed by atoms with van der Waals surface area (Å²) in [6.07, 6.45) is -3.81. The molecule has 1 amide bonds. The molecular weight excluding hydrogens is 579 g/mol. The van der Waals surface area contributed by atoms with Crippen LogP contribution in [0.2, 0.25) is 0 Å². The molecule has 9 heteroatoms. The minimum absolute atomic E-state index is 0.150. The van der Waals surface area contributed by atoms with Crippen LogP contribution in [0.5, 0.6) is 11.5 Å². The first kappa shape index (κ1) is 30.6. The summed E-state index contributed by atoms with van der Waals surface area (Å²) in [6, 6.07) is 18.1. The van der Waals surface area contributed by atoms with E-state index >= 15 is 0 Å². The third kappa shape index (κ3) is 5.88. The highest BCUT2D eigenvalue weighted by Gasteiger charge is 2.44. The van der Waals surface area contributed by atoms with Crippen molar-refractivity contribution in [3.8, 4) is 11.5 Å². The van der Waals surface area contributed by atoms with E-state index in [1.54, 1.807) is 37.3 Å². The summed E-state index contributed by atoms with van der Waals surface area (Å²) in [5.74, 6) is -0.596. The average molecular weight is 616 g/mol. The van der Waals surface area contributed by atoms with Gasteiger partial charge in [0.15, 0.2) is 11.5 Å². The number of rotatable bonds is 6. The van der Waals surface area contributed by atoms with Gasteiger partial charge in [0.2, 0.25) is 0 Å². The van der Waals surface area contributed by atoms with Crippen molar-refractivity contribution in [1.29, 1.82) is 0 Å². The molecule has 234 valence electrons. The van der Waals surface area contributed by atoms with Gasteiger partial charge < -0.3 is 9.47 Å². The monoisotopic (exact) mass is 615 g/mol. The molecule has 3 heterocycles. The molecule has 2 aliphatic heterocycles. The number of benzene rings is 3. The van der Waals surface area contributed by atoms with Crippen molar-refractivity contribution in [3.05, 3.63) is 94.2 Å². The second-order valence-corrected chi connectivity index (χ2v) is 13.0. The number of aliphatic imine (C=N–C) groups is 1. The van der Waals surface area contributed by atoms with Crippen LogP contribution < -0.4 is 14.4 Å². The molecule has 3 aromatic carbocycles. The fourth-order valence-corrected chi connectivity index (χ4v) is 6.37. The van der Waals surface area contributed by atoms with Gasteiger partial charge in [-0.2, -0.15) is 13.2 Å². The average Bonchev–Trinajstić information content (AvgIpc) is 3.29. The SMILES string of the molecule is CCOc1cc2c(c3c1OC(C)(C)C3)C(c1ccc(C)c(N(Cc3ccc4ccccc4n3)C(=O)C(F)(F)F)c1)=NC(C)(C)C2. The van der Waals surface area contributed by atoms with E-state index in [2.05, 4.69) is 4.98 Å². The molecule has 6 rings (SSSR count). The van der Waals surface area contributed by atoms with Crippen LogP contribution in [-0.4, -0.2) is 40.5 Å². The van der Waals surface area contributed by atoms with E-state index in [1.807, 2.05) is 65.0 Å². The molecule has 6 nitrogen and oxygen atoms in total. The molecule has 45 heavy (non-hydrogen) atoms. The van der Waals surface area contributed by atoms with Crippen molar-refractivity contribution >= 4 is 28.2 Å². The highest BCUT2D eigenvalue weighted by Crippen LogP contribution is 2.48. The molecule has 0 radical (unpaired) electrons. The van der Waals surface area contributed by atoms with Crippen molar-refractivity contribution < 1.29 is 27.4 Å². The number of hydrogen-bond donors (Lipinski definition) is 0. The Morgan fingerprint density at radius 2 is 1.78 bits per heavy atom. The predicted molar refractivity (Wildman–Crippen MR) is 170 cm³/mol. The van der Waals surface area contributed by atoms with Gasteiger partial charge in [0.25, 0.3) is 0 Å². The molecule has 0 aliphatic carbocycles. The summed E-state index contributed by atoms with van der Waals surface area (Å²) >= 11 is 0. The topological polar surface area (TPSA) is 64.0 Å². The van der Waals surface area contributed by atoms with Crippen molar-refractivity contribution in [3.63, 3.8) is 0 Å². The highest BCUT2D eigenvalue weighted by molar-refractivity contribution is 6.17. The summed E-state index contributed by atoms with van der Waals surface area (Å²) < 4.78 is 54.6. The number of ether oxygens (including phenoxy) is 2. The Labute approximate surface area is 260 Å². The Balaban J connectivity index is 1.50. The number of nitrogens with zero attached hydrogens (tertiary/aromatic N) is 3. The molecule has 0 bridgehead atoms. The quantitative estimate of drug-likeness (QED) is 0.221. The van der Waals surface area contributed by atoms with E-state index in [4.69, 9.17) is 14.5 Å². The lowest BCUT2D eigenvalue weighted by Crippen LogP contribution is -2.41.